The molecule has 1 aliphatic rings. The molecule has 1 aromatic carbocycles. The fraction of sp³-hybridized carbons (Fsp3) is 0.600. The Morgan fingerprint density at radius 1 is 1.50 bits per heavy atom. The first-order chi connectivity index (χ1) is 8.76. The molecule has 0 amide bonds. The van der Waals surface area contributed by atoms with Crippen molar-refractivity contribution in [1.82, 2.24) is 5.32 Å². The number of aliphatic hydroxyl groups is 1. The molecule has 2 atom stereocenters. The summed E-state index contributed by atoms with van der Waals surface area (Å²) < 4.78 is 5.86. The Kier molecular flexibility index (Phi) is 4.61. The first kappa shape index (κ1) is 13.4. The summed E-state index contributed by atoms with van der Waals surface area (Å²) in [4.78, 5) is 0. The van der Waals surface area contributed by atoms with Crippen molar-refractivity contribution in [2.75, 3.05) is 13.2 Å². The Morgan fingerprint density at radius 3 is 3.06 bits per heavy atom. The van der Waals surface area contributed by atoms with E-state index in [0.29, 0.717) is 6.04 Å². The average Bonchev–Trinajstić information content (AvgIpc) is 2.59. The van der Waals surface area contributed by atoms with Gasteiger partial charge in [-0.15, -0.1) is 0 Å². The number of rotatable bonds is 4. The second kappa shape index (κ2) is 6.21. The Bertz CT molecular complexity index is 388. The Balaban J connectivity index is 2.24. The standard InChI is InChI=1S/C15H23NO2/c1-3-12(10-17)16-14-8-5-9-18-15-11(2)6-4-7-13(14)15/h4,6-7,12,14,16-17H,3,5,8-10H2,1-2H3/t12-,14?/m0/s1. The second-order valence-electron chi connectivity index (χ2n) is 4.99. The number of aliphatic hydroxyl groups excluding tert-OH is 1. The third kappa shape index (κ3) is 2.85. The quantitative estimate of drug-likeness (QED) is 0.861. The molecule has 1 aromatic rings. The van der Waals surface area contributed by atoms with Crippen LogP contribution in [0.15, 0.2) is 18.2 Å². The largest absolute Gasteiger partial charge is 0.493 e. The molecule has 18 heavy (non-hydrogen) atoms. The van der Waals surface area contributed by atoms with E-state index in [0.717, 1.165) is 31.6 Å². The first-order valence-electron chi connectivity index (χ1n) is 6.85. The molecule has 0 fully saturated rings. The van der Waals surface area contributed by atoms with Crippen LogP contribution >= 0.6 is 0 Å². The number of benzene rings is 1. The SMILES string of the molecule is CC[C@@H](CO)NC1CCCOc2c(C)cccc21. The lowest BCUT2D eigenvalue weighted by Gasteiger charge is -2.24. The molecule has 2 rings (SSSR count). The zero-order valence-corrected chi connectivity index (χ0v) is 11.3. The third-order valence-corrected chi connectivity index (χ3v) is 3.65. The zero-order valence-electron chi connectivity index (χ0n) is 11.3. The minimum absolute atomic E-state index is 0.168. The van der Waals surface area contributed by atoms with Crippen LogP contribution in [0.25, 0.3) is 0 Å². The van der Waals surface area contributed by atoms with Crippen LogP contribution in [-0.2, 0) is 0 Å². The molecule has 0 aliphatic carbocycles. The van der Waals surface area contributed by atoms with E-state index in [4.69, 9.17) is 4.74 Å². The Labute approximate surface area is 109 Å². The predicted octanol–water partition coefficient (Wildman–Crippen LogP) is 2.57. The number of aryl methyl sites for hydroxylation is 1. The molecule has 0 saturated heterocycles. The number of para-hydroxylation sites is 1. The first-order valence-corrected chi connectivity index (χ1v) is 6.85. The maximum Gasteiger partial charge on any atom is 0.126 e. The molecule has 1 unspecified atom stereocenters. The highest BCUT2D eigenvalue weighted by Crippen LogP contribution is 2.34. The van der Waals surface area contributed by atoms with Gasteiger partial charge in [-0.3, -0.25) is 0 Å². The minimum Gasteiger partial charge on any atom is -0.493 e. The molecule has 1 aliphatic heterocycles. The molecule has 0 saturated carbocycles. The number of nitrogens with one attached hydrogen (secondary N) is 1. The molecule has 100 valence electrons. The van der Waals surface area contributed by atoms with Gasteiger partial charge in [-0.2, -0.15) is 0 Å². The van der Waals surface area contributed by atoms with Crippen molar-refractivity contribution in [2.45, 2.75) is 45.2 Å². The van der Waals surface area contributed by atoms with Crippen molar-refractivity contribution in [3.8, 4) is 5.75 Å². The molecular formula is C15H23NO2. The lowest BCUT2D eigenvalue weighted by atomic mass is 9.98. The highest BCUT2D eigenvalue weighted by molar-refractivity contribution is 5.43. The van der Waals surface area contributed by atoms with Crippen molar-refractivity contribution in [2.24, 2.45) is 0 Å². The van der Waals surface area contributed by atoms with Gasteiger partial charge in [-0.1, -0.05) is 25.1 Å². The van der Waals surface area contributed by atoms with Crippen LogP contribution in [0.3, 0.4) is 0 Å². The topological polar surface area (TPSA) is 41.5 Å². The summed E-state index contributed by atoms with van der Waals surface area (Å²) in [7, 11) is 0. The van der Waals surface area contributed by atoms with Gasteiger partial charge in [0.2, 0.25) is 0 Å². The van der Waals surface area contributed by atoms with E-state index >= 15 is 0 Å². The second-order valence-corrected chi connectivity index (χ2v) is 4.99. The molecule has 3 nitrogen and oxygen atoms in total. The lowest BCUT2D eigenvalue weighted by Crippen LogP contribution is -2.35. The highest BCUT2D eigenvalue weighted by Gasteiger charge is 2.22. The van der Waals surface area contributed by atoms with Crippen molar-refractivity contribution in [1.29, 1.82) is 0 Å². The van der Waals surface area contributed by atoms with Crippen LogP contribution in [0.5, 0.6) is 5.75 Å². The number of hydrogen-bond donors (Lipinski definition) is 2. The maximum absolute atomic E-state index is 9.34. The Morgan fingerprint density at radius 2 is 2.33 bits per heavy atom. The van der Waals surface area contributed by atoms with Crippen molar-refractivity contribution < 1.29 is 9.84 Å². The van der Waals surface area contributed by atoms with Gasteiger partial charge in [0.25, 0.3) is 0 Å². The highest BCUT2D eigenvalue weighted by atomic mass is 16.5. The van der Waals surface area contributed by atoms with Gasteiger partial charge in [-0.05, 0) is 31.7 Å². The van der Waals surface area contributed by atoms with Crippen LogP contribution in [0.2, 0.25) is 0 Å². The van der Waals surface area contributed by atoms with E-state index in [2.05, 4.69) is 37.4 Å². The van der Waals surface area contributed by atoms with Crippen molar-refractivity contribution in [3.63, 3.8) is 0 Å². The molecule has 2 N–H and O–H groups in total. The zero-order chi connectivity index (χ0) is 13.0. The van der Waals surface area contributed by atoms with E-state index in [1.54, 1.807) is 0 Å². The van der Waals surface area contributed by atoms with Crippen LogP contribution in [0.1, 0.15) is 43.4 Å². The fourth-order valence-electron chi connectivity index (χ4n) is 2.52. The summed E-state index contributed by atoms with van der Waals surface area (Å²) in [5.74, 6) is 1.03. The lowest BCUT2D eigenvalue weighted by molar-refractivity contribution is 0.225. The summed E-state index contributed by atoms with van der Waals surface area (Å²) >= 11 is 0. The van der Waals surface area contributed by atoms with E-state index in [1.165, 1.54) is 11.1 Å². The molecule has 0 spiro atoms. The van der Waals surface area contributed by atoms with Gasteiger partial charge < -0.3 is 15.2 Å². The van der Waals surface area contributed by atoms with E-state index in [9.17, 15) is 5.11 Å². The van der Waals surface area contributed by atoms with Gasteiger partial charge in [0.1, 0.15) is 5.75 Å². The monoisotopic (exact) mass is 249 g/mol. The smallest absolute Gasteiger partial charge is 0.126 e. The average molecular weight is 249 g/mol. The van der Waals surface area contributed by atoms with Gasteiger partial charge in [-0.25, -0.2) is 0 Å². The van der Waals surface area contributed by atoms with Gasteiger partial charge in [0.05, 0.1) is 13.2 Å². The molecule has 0 radical (unpaired) electrons. The van der Waals surface area contributed by atoms with Crippen LogP contribution in [0, 0.1) is 6.92 Å². The van der Waals surface area contributed by atoms with Crippen LogP contribution in [0.4, 0.5) is 0 Å². The Hall–Kier alpha value is -1.06. The van der Waals surface area contributed by atoms with Crippen LogP contribution < -0.4 is 10.1 Å². The molecule has 0 aromatic heterocycles. The molecule has 1 heterocycles. The number of fused-ring (bicyclic) bond motifs is 1. The minimum atomic E-state index is 0.168. The predicted molar refractivity (Wildman–Crippen MR) is 72.9 cm³/mol. The van der Waals surface area contributed by atoms with Gasteiger partial charge >= 0.3 is 0 Å². The number of ether oxygens (including phenoxy) is 1. The van der Waals surface area contributed by atoms with Crippen molar-refractivity contribution in [3.05, 3.63) is 29.3 Å². The number of hydrogen-bond acceptors (Lipinski definition) is 3. The van der Waals surface area contributed by atoms with E-state index in [-0.39, 0.29) is 12.6 Å². The third-order valence-electron chi connectivity index (χ3n) is 3.65. The van der Waals surface area contributed by atoms with E-state index < -0.39 is 0 Å². The van der Waals surface area contributed by atoms with Crippen molar-refractivity contribution >= 4 is 0 Å². The molecule has 3 heteroatoms. The maximum atomic E-state index is 9.34. The van der Waals surface area contributed by atoms with Gasteiger partial charge in [0, 0.05) is 17.6 Å². The summed E-state index contributed by atoms with van der Waals surface area (Å²) in [6, 6.07) is 6.76. The molecular weight excluding hydrogens is 226 g/mol. The summed E-state index contributed by atoms with van der Waals surface area (Å²) in [6.45, 7) is 5.16. The summed E-state index contributed by atoms with van der Waals surface area (Å²) in [5.41, 5.74) is 2.43. The molecule has 0 bridgehead atoms. The van der Waals surface area contributed by atoms with Crippen LogP contribution in [-0.4, -0.2) is 24.4 Å². The fourth-order valence-corrected chi connectivity index (χ4v) is 2.52. The van der Waals surface area contributed by atoms with Gasteiger partial charge in [0.15, 0.2) is 0 Å². The normalized spacial score (nSPS) is 20.7. The summed E-state index contributed by atoms with van der Waals surface area (Å²) in [5, 5.41) is 12.9. The summed E-state index contributed by atoms with van der Waals surface area (Å²) in [6.07, 6.45) is 3.05. The van der Waals surface area contributed by atoms with E-state index in [1.807, 2.05) is 0 Å².